The maximum absolute atomic E-state index is 9.67. The molecular formula is C19H23NO2. The smallest absolute Gasteiger partial charge is 0.146 e. The first-order chi connectivity index (χ1) is 10.5. The van der Waals surface area contributed by atoms with Crippen molar-refractivity contribution >= 4 is 5.69 Å². The van der Waals surface area contributed by atoms with Crippen molar-refractivity contribution < 1.29 is 9.84 Å². The Labute approximate surface area is 132 Å². The second kappa shape index (κ2) is 5.91. The van der Waals surface area contributed by atoms with Crippen LogP contribution in [0, 0.1) is 0 Å². The summed E-state index contributed by atoms with van der Waals surface area (Å²) in [4.78, 5) is 2.20. The van der Waals surface area contributed by atoms with Crippen molar-refractivity contribution in [2.24, 2.45) is 0 Å². The number of fused-ring (bicyclic) bond motifs is 1. The largest absolute Gasteiger partial charge is 0.508 e. The van der Waals surface area contributed by atoms with Crippen LogP contribution in [0.25, 0.3) is 0 Å². The van der Waals surface area contributed by atoms with Crippen LogP contribution in [0.2, 0.25) is 0 Å². The monoisotopic (exact) mass is 297 g/mol. The summed E-state index contributed by atoms with van der Waals surface area (Å²) in [5.74, 6) is 1.52. The Bertz CT molecular complexity index is 666. The van der Waals surface area contributed by atoms with Gasteiger partial charge in [-0.15, -0.1) is 0 Å². The first-order valence-electron chi connectivity index (χ1n) is 7.83. The van der Waals surface area contributed by atoms with E-state index in [-0.39, 0.29) is 11.9 Å². The molecule has 1 heterocycles. The molecule has 116 valence electrons. The van der Waals surface area contributed by atoms with Crippen LogP contribution in [-0.4, -0.2) is 24.8 Å². The lowest BCUT2D eigenvalue weighted by Crippen LogP contribution is -2.39. The van der Waals surface area contributed by atoms with Gasteiger partial charge in [-0.25, -0.2) is 0 Å². The van der Waals surface area contributed by atoms with E-state index < -0.39 is 0 Å². The summed E-state index contributed by atoms with van der Waals surface area (Å²) in [6.45, 7) is 5.30. The first-order valence-corrected chi connectivity index (χ1v) is 7.83. The van der Waals surface area contributed by atoms with E-state index in [1.165, 1.54) is 11.1 Å². The fourth-order valence-corrected chi connectivity index (χ4v) is 3.17. The minimum Gasteiger partial charge on any atom is -0.508 e. The third kappa shape index (κ3) is 2.89. The van der Waals surface area contributed by atoms with Gasteiger partial charge in [0.15, 0.2) is 0 Å². The van der Waals surface area contributed by atoms with E-state index in [4.69, 9.17) is 4.74 Å². The highest BCUT2D eigenvalue weighted by Crippen LogP contribution is 2.36. The molecule has 0 radical (unpaired) electrons. The Morgan fingerprint density at radius 3 is 2.77 bits per heavy atom. The van der Waals surface area contributed by atoms with Crippen LogP contribution in [0.5, 0.6) is 11.5 Å². The number of nitrogens with zero attached hydrogens (tertiary/aromatic N) is 1. The quantitative estimate of drug-likeness (QED) is 0.931. The van der Waals surface area contributed by atoms with Gasteiger partial charge in [0, 0.05) is 19.5 Å². The fourth-order valence-electron chi connectivity index (χ4n) is 3.17. The molecule has 0 aliphatic carbocycles. The Kier molecular flexibility index (Phi) is 3.97. The van der Waals surface area contributed by atoms with Crippen molar-refractivity contribution in [3.8, 4) is 11.5 Å². The fraction of sp³-hybridized carbons (Fsp3) is 0.368. The van der Waals surface area contributed by atoms with Crippen molar-refractivity contribution in [2.45, 2.75) is 32.3 Å². The summed E-state index contributed by atoms with van der Waals surface area (Å²) >= 11 is 0. The van der Waals surface area contributed by atoms with Crippen LogP contribution in [0.15, 0.2) is 42.5 Å². The number of anilines is 1. The van der Waals surface area contributed by atoms with Gasteiger partial charge >= 0.3 is 0 Å². The van der Waals surface area contributed by atoms with Crippen LogP contribution in [0.4, 0.5) is 5.69 Å². The van der Waals surface area contributed by atoms with Crippen LogP contribution < -0.4 is 9.64 Å². The van der Waals surface area contributed by atoms with Crippen molar-refractivity contribution in [1.82, 2.24) is 0 Å². The Hall–Kier alpha value is -2.16. The molecular weight excluding hydrogens is 274 g/mol. The first kappa shape index (κ1) is 14.8. The summed E-state index contributed by atoms with van der Waals surface area (Å²) in [7, 11) is 2.07. The predicted octanol–water partition coefficient (Wildman–Crippen LogP) is 3.96. The van der Waals surface area contributed by atoms with Gasteiger partial charge in [0.2, 0.25) is 0 Å². The molecule has 3 nitrogen and oxygen atoms in total. The maximum atomic E-state index is 9.67. The summed E-state index contributed by atoms with van der Waals surface area (Å²) in [6.07, 6.45) is 0.979. The average Bonchev–Trinajstić information content (AvgIpc) is 2.47. The molecule has 0 saturated carbocycles. The lowest BCUT2D eigenvalue weighted by Gasteiger charge is -2.34. The van der Waals surface area contributed by atoms with Gasteiger partial charge in [0.25, 0.3) is 0 Å². The maximum Gasteiger partial charge on any atom is 0.146 e. The summed E-state index contributed by atoms with van der Waals surface area (Å²) in [6, 6.07) is 13.9. The number of benzene rings is 2. The van der Waals surface area contributed by atoms with Crippen molar-refractivity contribution in [1.29, 1.82) is 0 Å². The summed E-state index contributed by atoms with van der Waals surface area (Å²) in [5, 5.41) is 9.67. The zero-order chi connectivity index (χ0) is 15.7. The Balaban J connectivity index is 1.83. The molecule has 1 aliphatic rings. The molecule has 3 heteroatoms. The number of hydrogen-bond donors (Lipinski definition) is 1. The van der Waals surface area contributed by atoms with E-state index >= 15 is 0 Å². The van der Waals surface area contributed by atoms with E-state index in [2.05, 4.69) is 50.1 Å². The standard InChI is InChI=1S/C19H23NO2/c1-13(2)17-7-5-4-6-14(17)10-16-12-20(3)18-9-8-15(21)11-19(18)22-16/h4-9,11,13,16,21H,10,12H2,1-3H3. The number of ether oxygens (including phenoxy) is 1. The van der Waals surface area contributed by atoms with E-state index in [9.17, 15) is 5.11 Å². The Morgan fingerprint density at radius 1 is 1.23 bits per heavy atom. The third-order valence-corrected chi connectivity index (χ3v) is 4.25. The Morgan fingerprint density at radius 2 is 2.00 bits per heavy atom. The summed E-state index contributed by atoms with van der Waals surface area (Å²) in [5.41, 5.74) is 3.76. The molecule has 1 aliphatic heterocycles. The number of aromatic hydroxyl groups is 1. The van der Waals surface area contributed by atoms with Crippen molar-refractivity contribution in [3.05, 3.63) is 53.6 Å². The molecule has 1 unspecified atom stereocenters. The number of phenols is 1. The van der Waals surface area contributed by atoms with Gasteiger partial charge in [-0.05, 0) is 29.2 Å². The van der Waals surface area contributed by atoms with Gasteiger partial charge < -0.3 is 14.7 Å². The molecule has 22 heavy (non-hydrogen) atoms. The molecule has 0 bridgehead atoms. The van der Waals surface area contributed by atoms with Gasteiger partial charge in [-0.2, -0.15) is 0 Å². The molecule has 2 aromatic carbocycles. The minimum atomic E-state index is 0.0965. The van der Waals surface area contributed by atoms with Crippen molar-refractivity contribution in [3.63, 3.8) is 0 Å². The summed E-state index contributed by atoms with van der Waals surface area (Å²) < 4.78 is 6.12. The van der Waals surface area contributed by atoms with E-state index in [1.54, 1.807) is 12.1 Å². The number of rotatable bonds is 3. The molecule has 1 atom stereocenters. The number of likely N-dealkylation sites (N-methyl/N-ethyl adjacent to an activating group) is 1. The molecule has 0 saturated heterocycles. The van der Waals surface area contributed by atoms with Crippen molar-refractivity contribution in [2.75, 3.05) is 18.5 Å². The molecule has 0 amide bonds. The number of phenolic OH excluding ortho intramolecular Hbond substituents is 1. The van der Waals surface area contributed by atoms with Gasteiger partial charge in [-0.1, -0.05) is 38.1 Å². The topological polar surface area (TPSA) is 32.7 Å². The lowest BCUT2D eigenvalue weighted by atomic mass is 9.93. The highest BCUT2D eigenvalue weighted by atomic mass is 16.5. The molecule has 2 aromatic rings. The van der Waals surface area contributed by atoms with Gasteiger partial charge in [-0.3, -0.25) is 0 Å². The van der Waals surface area contributed by atoms with E-state index in [0.717, 1.165) is 24.4 Å². The predicted molar refractivity (Wildman–Crippen MR) is 90.0 cm³/mol. The third-order valence-electron chi connectivity index (χ3n) is 4.25. The van der Waals surface area contributed by atoms with Crippen LogP contribution in [0.3, 0.4) is 0 Å². The van der Waals surface area contributed by atoms with E-state index in [1.807, 2.05) is 6.07 Å². The SMILES string of the molecule is CC(C)c1ccccc1CC1CN(C)c2ccc(O)cc2O1. The highest BCUT2D eigenvalue weighted by Gasteiger charge is 2.24. The average molecular weight is 297 g/mol. The molecule has 0 fully saturated rings. The van der Waals surface area contributed by atoms with Gasteiger partial charge in [0.05, 0.1) is 12.2 Å². The lowest BCUT2D eigenvalue weighted by molar-refractivity contribution is 0.195. The minimum absolute atomic E-state index is 0.0965. The zero-order valence-electron chi connectivity index (χ0n) is 13.4. The zero-order valence-corrected chi connectivity index (χ0v) is 13.4. The van der Waals surface area contributed by atoms with E-state index in [0.29, 0.717) is 5.92 Å². The van der Waals surface area contributed by atoms with Crippen LogP contribution >= 0.6 is 0 Å². The molecule has 1 N–H and O–H groups in total. The number of hydrogen-bond acceptors (Lipinski definition) is 3. The van der Waals surface area contributed by atoms with Gasteiger partial charge in [0.1, 0.15) is 17.6 Å². The molecule has 0 spiro atoms. The molecule has 0 aromatic heterocycles. The molecule has 3 rings (SSSR count). The second-order valence-electron chi connectivity index (χ2n) is 6.33. The van der Waals surface area contributed by atoms with Crippen LogP contribution in [-0.2, 0) is 6.42 Å². The second-order valence-corrected chi connectivity index (χ2v) is 6.33. The normalized spacial score (nSPS) is 17.3. The van der Waals surface area contributed by atoms with Crippen LogP contribution in [0.1, 0.15) is 30.9 Å². The highest BCUT2D eigenvalue weighted by molar-refractivity contribution is 5.62.